The van der Waals surface area contributed by atoms with Crippen LogP contribution < -0.4 is 5.32 Å². The zero-order valence-electron chi connectivity index (χ0n) is 15.8. The van der Waals surface area contributed by atoms with Crippen LogP contribution in [0.25, 0.3) is 11.3 Å². The van der Waals surface area contributed by atoms with Gasteiger partial charge in [-0.2, -0.15) is 5.26 Å². The number of rotatable bonds is 7. The summed E-state index contributed by atoms with van der Waals surface area (Å²) in [6, 6.07) is 15.4. The molecule has 142 valence electrons. The van der Waals surface area contributed by atoms with Gasteiger partial charge in [0.1, 0.15) is 5.40 Å². The molecule has 5 nitrogen and oxygen atoms in total. The molecule has 2 aromatic carbocycles. The number of aryl methyl sites for hydroxylation is 1. The lowest BCUT2D eigenvalue weighted by Crippen LogP contribution is -2.12. The Kier molecular flexibility index (Phi) is 6.51. The highest BCUT2D eigenvalue weighted by Gasteiger charge is 2.10. The van der Waals surface area contributed by atoms with Crippen molar-refractivity contribution in [2.24, 2.45) is 0 Å². The van der Waals surface area contributed by atoms with Crippen molar-refractivity contribution in [1.29, 1.82) is 5.26 Å². The summed E-state index contributed by atoms with van der Waals surface area (Å²) in [6.07, 6.45) is 2.41. The Morgan fingerprint density at radius 2 is 1.89 bits per heavy atom. The topological polar surface area (TPSA) is 78.9 Å². The lowest BCUT2D eigenvalue weighted by Gasteiger charge is -2.05. The average Bonchev–Trinajstić information content (AvgIpc) is 3.17. The third-order valence-electron chi connectivity index (χ3n) is 4.28. The van der Waals surface area contributed by atoms with Crippen LogP contribution in [0.15, 0.2) is 64.0 Å². The van der Waals surface area contributed by atoms with Crippen molar-refractivity contribution in [1.82, 2.24) is 4.98 Å². The molecule has 6 heteroatoms. The van der Waals surface area contributed by atoms with Gasteiger partial charge in [-0.1, -0.05) is 38.1 Å². The molecule has 0 atom stereocenters. The fraction of sp³-hybridized carbons (Fsp3) is 0.227. The molecule has 0 aliphatic rings. The van der Waals surface area contributed by atoms with E-state index in [2.05, 4.69) is 36.3 Å². The number of carbonyl (C=O) groups is 1. The highest BCUT2D eigenvalue weighted by Crippen LogP contribution is 2.24. The summed E-state index contributed by atoms with van der Waals surface area (Å²) in [5.41, 5.74) is 2.95. The van der Waals surface area contributed by atoms with Gasteiger partial charge in [0.2, 0.25) is 5.91 Å². The van der Waals surface area contributed by atoms with Crippen LogP contribution in [0, 0.1) is 10.7 Å². The van der Waals surface area contributed by atoms with E-state index in [9.17, 15) is 4.79 Å². The van der Waals surface area contributed by atoms with Crippen LogP contribution in [-0.2, 0) is 11.2 Å². The number of hydrogen-bond acceptors (Lipinski definition) is 5. The zero-order chi connectivity index (χ0) is 19.9. The largest absolute Gasteiger partial charge is 0.441 e. The molecule has 0 aliphatic heterocycles. The van der Waals surface area contributed by atoms with Crippen LogP contribution in [0.4, 0.5) is 5.69 Å². The Bertz CT molecular complexity index is 970. The maximum absolute atomic E-state index is 12.1. The van der Waals surface area contributed by atoms with Crippen LogP contribution in [0.3, 0.4) is 0 Å². The summed E-state index contributed by atoms with van der Waals surface area (Å²) in [6.45, 7) is 4.32. The number of nitrogens with one attached hydrogen (secondary N) is 1. The predicted octanol–water partition coefficient (Wildman–Crippen LogP) is 5.61. The Morgan fingerprint density at radius 1 is 1.18 bits per heavy atom. The van der Waals surface area contributed by atoms with Gasteiger partial charge in [0, 0.05) is 29.0 Å². The standard InChI is InChI=1S/C22H21N3O2S/c1-15(2)16-3-5-17(6-4-16)20-13-24-22(27-20)12-11-21(26)25-18-7-9-19(10-8-18)28-14-23/h3-10,13,15H,11-12H2,1-2H3,(H,25,26). The Labute approximate surface area is 168 Å². The molecular weight excluding hydrogens is 370 g/mol. The molecule has 1 aromatic heterocycles. The van der Waals surface area contributed by atoms with E-state index in [1.807, 2.05) is 17.5 Å². The first kappa shape index (κ1) is 19.7. The summed E-state index contributed by atoms with van der Waals surface area (Å²) in [4.78, 5) is 17.3. The van der Waals surface area contributed by atoms with Crippen molar-refractivity contribution in [3.05, 3.63) is 66.2 Å². The van der Waals surface area contributed by atoms with E-state index in [-0.39, 0.29) is 12.3 Å². The maximum Gasteiger partial charge on any atom is 0.224 e. The van der Waals surface area contributed by atoms with E-state index < -0.39 is 0 Å². The molecule has 0 saturated carbocycles. The fourth-order valence-corrected chi connectivity index (χ4v) is 3.07. The SMILES string of the molecule is CC(C)c1ccc(-c2cnc(CCC(=O)Nc3ccc(SC#N)cc3)o2)cc1. The number of thioether (sulfide) groups is 1. The molecular formula is C22H21N3O2S. The van der Waals surface area contributed by atoms with E-state index in [0.717, 1.165) is 22.2 Å². The smallest absolute Gasteiger partial charge is 0.224 e. The fourth-order valence-electron chi connectivity index (χ4n) is 2.69. The lowest BCUT2D eigenvalue weighted by atomic mass is 10.0. The van der Waals surface area contributed by atoms with Crippen LogP contribution in [0.2, 0.25) is 0 Å². The van der Waals surface area contributed by atoms with E-state index in [1.54, 1.807) is 30.5 Å². The summed E-state index contributed by atoms with van der Waals surface area (Å²) in [5.74, 6) is 1.62. The minimum Gasteiger partial charge on any atom is -0.441 e. The molecule has 0 unspecified atom stereocenters. The molecule has 0 saturated heterocycles. The molecule has 1 heterocycles. The lowest BCUT2D eigenvalue weighted by molar-refractivity contribution is -0.116. The molecule has 0 fully saturated rings. The number of thiocyanates is 1. The van der Waals surface area contributed by atoms with Gasteiger partial charge < -0.3 is 9.73 Å². The van der Waals surface area contributed by atoms with Crippen molar-refractivity contribution >= 4 is 23.4 Å². The summed E-state index contributed by atoms with van der Waals surface area (Å²) >= 11 is 1.09. The number of nitriles is 1. The summed E-state index contributed by atoms with van der Waals surface area (Å²) in [5, 5.41) is 13.5. The monoisotopic (exact) mass is 391 g/mol. The van der Waals surface area contributed by atoms with Gasteiger partial charge in [0.25, 0.3) is 0 Å². The van der Waals surface area contributed by atoms with Gasteiger partial charge in [-0.15, -0.1) is 0 Å². The Balaban J connectivity index is 1.53. The van der Waals surface area contributed by atoms with Gasteiger partial charge in [0.15, 0.2) is 11.7 Å². The minimum atomic E-state index is -0.110. The highest BCUT2D eigenvalue weighted by atomic mass is 32.2. The van der Waals surface area contributed by atoms with E-state index in [4.69, 9.17) is 9.68 Å². The first-order chi connectivity index (χ1) is 13.5. The Hall–Kier alpha value is -3.04. The first-order valence-corrected chi connectivity index (χ1v) is 9.87. The molecule has 3 rings (SSSR count). The van der Waals surface area contributed by atoms with Crippen molar-refractivity contribution in [3.63, 3.8) is 0 Å². The van der Waals surface area contributed by atoms with Crippen molar-refractivity contribution in [3.8, 4) is 16.7 Å². The highest BCUT2D eigenvalue weighted by molar-refractivity contribution is 8.03. The van der Waals surface area contributed by atoms with Gasteiger partial charge >= 0.3 is 0 Å². The van der Waals surface area contributed by atoms with E-state index in [1.165, 1.54) is 5.56 Å². The normalized spacial score (nSPS) is 10.6. The summed E-state index contributed by atoms with van der Waals surface area (Å²) < 4.78 is 5.79. The van der Waals surface area contributed by atoms with Crippen LogP contribution in [0.5, 0.6) is 0 Å². The van der Waals surface area contributed by atoms with E-state index in [0.29, 0.717) is 29.7 Å². The molecule has 3 aromatic rings. The Morgan fingerprint density at radius 3 is 2.54 bits per heavy atom. The van der Waals surface area contributed by atoms with Crippen molar-refractivity contribution < 1.29 is 9.21 Å². The average molecular weight is 391 g/mol. The molecule has 28 heavy (non-hydrogen) atoms. The van der Waals surface area contributed by atoms with Crippen molar-refractivity contribution in [2.45, 2.75) is 37.5 Å². The number of carbonyl (C=O) groups excluding carboxylic acids is 1. The predicted molar refractivity (Wildman–Crippen MR) is 111 cm³/mol. The van der Waals surface area contributed by atoms with Gasteiger partial charge in [-0.3, -0.25) is 4.79 Å². The van der Waals surface area contributed by atoms with E-state index >= 15 is 0 Å². The third kappa shape index (κ3) is 5.24. The number of hydrogen-bond donors (Lipinski definition) is 1. The quantitative estimate of drug-likeness (QED) is 0.418. The third-order valence-corrected chi connectivity index (χ3v) is 4.88. The number of amides is 1. The summed E-state index contributed by atoms with van der Waals surface area (Å²) in [7, 11) is 0. The molecule has 1 N–H and O–H groups in total. The van der Waals surface area contributed by atoms with Crippen LogP contribution in [-0.4, -0.2) is 10.9 Å². The molecule has 0 bridgehead atoms. The number of benzene rings is 2. The second kappa shape index (κ2) is 9.25. The number of anilines is 1. The van der Waals surface area contributed by atoms with Crippen LogP contribution >= 0.6 is 11.8 Å². The molecule has 1 amide bonds. The number of oxazole rings is 1. The van der Waals surface area contributed by atoms with Crippen LogP contribution in [0.1, 0.15) is 37.6 Å². The second-order valence-corrected chi connectivity index (χ2v) is 7.52. The molecule has 0 spiro atoms. The molecule has 0 radical (unpaired) electrons. The maximum atomic E-state index is 12.1. The minimum absolute atomic E-state index is 0.110. The van der Waals surface area contributed by atoms with Gasteiger partial charge in [-0.05, 0) is 47.5 Å². The van der Waals surface area contributed by atoms with Gasteiger partial charge in [0.05, 0.1) is 6.20 Å². The zero-order valence-corrected chi connectivity index (χ0v) is 16.6. The van der Waals surface area contributed by atoms with Crippen molar-refractivity contribution in [2.75, 3.05) is 5.32 Å². The number of aromatic nitrogens is 1. The first-order valence-electron chi connectivity index (χ1n) is 9.06. The van der Waals surface area contributed by atoms with Gasteiger partial charge in [-0.25, -0.2) is 4.98 Å². The molecule has 0 aliphatic carbocycles. The second-order valence-electron chi connectivity index (χ2n) is 6.66. The number of nitrogens with zero attached hydrogens (tertiary/aromatic N) is 2.